The van der Waals surface area contributed by atoms with Crippen LogP contribution in [-0.4, -0.2) is 24.9 Å². The molecule has 0 saturated heterocycles. The van der Waals surface area contributed by atoms with Gasteiger partial charge in [-0.15, -0.1) is 0 Å². The van der Waals surface area contributed by atoms with Crippen LogP contribution >= 0.6 is 0 Å². The molecule has 0 unspecified atom stereocenters. The molecule has 0 bridgehead atoms. The molecule has 0 fully saturated rings. The normalized spacial score (nSPS) is 13.7. The molecule has 1 radical (unpaired) electrons. The van der Waals surface area contributed by atoms with Crippen molar-refractivity contribution in [2.45, 2.75) is 18.2 Å². The number of hydrogen-bond donors (Lipinski definition) is 3. The Bertz CT molecular complexity index is 878. The summed E-state index contributed by atoms with van der Waals surface area (Å²) in [7, 11) is -3.29. The lowest BCUT2D eigenvalue weighted by Gasteiger charge is -2.20. The molecular weight excluding hydrogens is 316 g/mol. The summed E-state index contributed by atoms with van der Waals surface area (Å²) in [6.45, 7) is 3.55. The van der Waals surface area contributed by atoms with Gasteiger partial charge in [-0.3, -0.25) is 0 Å². The summed E-state index contributed by atoms with van der Waals surface area (Å²) >= 11 is 0. The molecule has 1 heterocycles. The predicted molar refractivity (Wildman–Crippen MR) is 88.8 cm³/mol. The fourth-order valence-corrected chi connectivity index (χ4v) is 3.21. The van der Waals surface area contributed by atoms with E-state index in [1.165, 1.54) is 12.1 Å². The second-order valence-electron chi connectivity index (χ2n) is 5.42. The predicted octanol–water partition coefficient (Wildman–Crippen LogP) is 2.75. The zero-order valence-electron chi connectivity index (χ0n) is 12.7. The average molecular weight is 333 g/mol. The van der Waals surface area contributed by atoms with E-state index in [4.69, 9.17) is 0 Å². The molecule has 0 aromatic heterocycles. The van der Waals surface area contributed by atoms with Crippen LogP contribution < -0.4 is 10.2 Å². The summed E-state index contributed by atoms with van der Waals surface area (Å²) in [6.07, 6.45) is 1.78. The van der Waals surface area contributed by atoms with Crippen LogP contribution in [0.3, 0.4) is 0 Å². The van der Waals surface area contributed by atoms with Gasteiger partial charge in [0.05, 0.1) is 22.0 Å². The Hall–Kier alpha value is -2.41. The van der Waals surface area contributed by atoms with Gasteiger partial charge in [-0.1, -0.05) is 6.92 Å². The number of nitrogens with zero attached hydrogens (tertiary/aromatic N) is 1. The Morgan fingerprint density at radius 2 is 1.83 bits per heavy atom. The van der Waals surface area contributed by atoms with Crippen molar-refractivity contribution < 1.29 is 18.6 Å². The number of hydrogen-bond acceptors (Lipinski definition) is 6. The number of fused-ring (bicyclic) bond motifs is 1. The van der Waals surface area contributed by atoms with Gasteiger partial charge in [0.2, 0.25) is 0 Å². The SMILES string of the molecule is CCc1cc(N2[CH]Nc3cc(S(C)(=O)=O)ccc32)c(O)cc1O. The minimum atomic E-state index is -3.29. The molecule has 23 heavy (non-hydrogen) atoms. The molecule has 6 nitrogen and oxygen atoms in total. The fourth-order valence-electron chi connectivity index (χ4n) is 2.56. The highest BCUT2D eigenvalue weighted by Crippen LogP contribution is 2.44. The Morgan fingerprint density at radius 1 is 1.09 bits per heavy atom. The van der Waals surface area contributed by atoms with Crippen molar-refractivity contribution in [3.05, 3.63) is 42.6 Å². The number of aromatic hydroxyl groups is 2. The third-order valence-electron chi connectivity index (χ3n) is 3.82. The van der Waals surface area contributed by atoms with Gasteiger partial charge in [0.1, 0.15) is 18.2 Å². The Kier molecular flexibility index (Phi) is 3.60. The van der Waals surface area contributed by atoms with Crippen molar-refractivity contribution in [2.24, 2.45) is 0 Å². The van der Waals surface area contributed by atoms with Gasteiger partial charge >= 0.3 is 0 Å². The molecule has 1 aliphatic rings. The van der Waals surface area contributed by atoms with Gasteiger partial charge in [-0.25, -0.2) is 8.42 Å². The molecule has 3 rings (SSSR count). The summed E-state index contributed by atoms with van der Waals surface area (Å²) in [5, 5.41) is 22.9. The maximum atomic E-state index is 11.6. The number of phenols is 2. The van der Waals surface area contributed by atoms with Gasteiger partial charge < -0.3 is 20.4 Å². The van der Waals surface area contributed by atoms with Crippen LogP contribution in [0.1, 0.15) is 12.5 Å². The molecular formula is C16H17N2O4S. The molecule has 0 atom stereocenters. The zero-order chi connectivity index (χ0) is 16.8. The van der Waals surface area contributed by atoms with E-state index in [-0.39, 0.29) is 16.4 Å². The first-order chi connectivity index (χ1) is 10.8. The van der Waals surface area contributed by atoms with Crippen molar-refractivity contribution >= 4 is 26.9 Å². The van der Waals surface area contributed by atoms with E-state index in [1.54, 1.807) is 29.8 Å². The van der Waals surface area contributed by atoms with E-state index in [2.05, 4.69) is 5.32 Å². The van der Waals surface area contributed by atoms with Gasteiger partial charge in [0.25, 0.3) is 0 Å². The number of anilines is 3. The van der Waals surface area contributed by atoms with Crippen LogP contribution in [0.15, 0.2) is 35.2 Å². The summed E-state index contributed by atoms with van der Waals surface area (Å²) in [5.41, 5.74) is 2.59. The van der Waals surface area contributed by atoms with Crippen LogP contribution in [0, 0.1) is 6.67 Å². The molecule has 2 aromatic carbocycles. The smallest absolute Gasteiger partial charge is 0.175 e. The minimum Gasteiger partial charge on any atom is -0.508 e. The monoisotopic (exact) mass is 333 g/mol. The number of phenolic OH excluding ortho intramolecular Hbond substituents is 2. The highest BCUT2D eigenvalue weighted by molar-refractivity contribution is 7.90. The minimum absolute atomic E-state index is 0.0496. The van der Waals surface area contributed by atoms with E-state index < -0.39 is 9.84 Å². The lowest BCUT2D eigenvalue weighted by molar-refractivity contribution is 0.447. The molecule has 0 aliphatic carbocycles. The van der Waals surface area contributed by atoms with Gasteiger partial charge in [0, 0.05) is 12.3 Å². The molecule has 2 aromatic rings. The van der Waals surface area contributed by atoms with Crippen molar-refractivity contribution in [1.29, 1.82) is 0 Å². The van der Waals surface area contributed by atoms with Crippen LogP contribution in [0.5, 0.6) is 11.5 Å². The maximum Gasteiger partial charge on any atom is 0.175 e. The van der Waals surface area contributed by atoms with Crippen molar-refractivity contribution in [2.75, 3.05) is 16.5 Å². The Balaban J connectivity index is 2.07. The quantitative estimate of drug-likeness (QED) is 0.800. The highest BCUT2D eigenvalue weighted by atomic mass is 32.2. The van der Waals surface area contributed by atoms with Crippen molar-refractivity contribution in [3.63, 3.8) is 0 Å². The number of aryl methyl sites for hydroxylation is 1. The number of benzene rings is 2. The van der Waals surface area contributed by atoms with Crippen molar-refractivity contribution in [3.8, 4) is 11.5 Å². The average Bonchev–Trinajstić information content (AvgIpc) is 2.89. The number of rotatable bonds is 3. The number of sulfone groups is 1. The topological polar surface area (TPSA) is 89.9 Å². The van der Waals surface area contributed by atoms with E-state index in [0.717, 1.165) is 11.9 Å². The summed E-state index contributed by atoms with van der Waals surface area (Å²) < 4.78 is 23.3. The lowest BCUT2D eigenvalue weighted by atomic mass is 10.1. The van der Waals surface area contributed by atoms with Crippen LogP contribution in [0.25, 0.3) is 0 Å². The number of nitrogens with one attached hydrogen (secondary N) is 1. The van der Waals surface area contributed by atoms with E-state index in [1.807, 2.05) is 6.92 Å². The molecule has 0 amide bonds. The van der Waals surface area contributed by atoms with Gasteiger partial charge in [-0.05, 0) is 36.2 Å². The first-order valence-electron chi connectivity index (χ1n) is 7.09. The van der Waals surface area contributed by atoms with Gasteiger partial charge in [0.15, 0.2) is 9.84 Å². The second-order valence-corrected chi connectivity index (χ2v) is 7.43. The molecule has 7 heteroatoms. The lowest BCUT2D eigenvalue weighted by Crippen LogP contribution is -2.11. The standard InChI is InChI=1S/C16H17N2O4S/c1-3-10-6-14(16(20)8-15(10)19)18-9-17-12-7-11(23(2,21)22)4-5-13(12)18/h4-9,17,19-20H,3H2,1-2H3. The van der Waals surface area contributed by atoms with Crippen molar-refractivity contribution in [1.82, 2.24) is 0 Å². The summed E-state index contributed by atoms with van der Waals surface area (Å²) in [4.78, 5) is 1.94. The van der Waals surface area contributed by atoms with E-state index in [0.29, 0.717) is 23.4 Å². The van der Waals surface area contributed by atoms with E-state index in [9.17, 15) is 18.6 Å². The zero-order valence-corrected chi connectivity index (χ0v) is 13.6. The first kappa shape index (κ1) is 15.5. The summed E-state index contributed by atoms with van der Waals surface area (Å²) in [5.74, 6) is -0.00802. The third-order valence-corrected chi connectivity index (χ3v) is 4.93. The van der Waals surface area contributed by atoms with E-state index >= 15 is 0 Å². The third kappa shape index (κ3) is 2.68. The fraction of sp³-hybridized carbons (Fsp3) is 0.188. The van der Waals surface area contributed by atoms with Crippen LogP contribution in [-0.2, 0) is 16.3 Å². The second kappa shape index (κ2) is 5.34. The largest absolute Gasteiger partial charge is 0.508 e. The molecule has 3 N–H and O–H groups in total. The molecule has 1 aliphatic heterocycles. The maximum absolute atomic E-state index is 11.6. The molecule has 0 spiro atoms. The first-order valence-corrected chi connectivity index (χ1v) is 8.98. The highest BCUT2D eigenvalue weighted by Gasteiger charge is 2.25. The summed E-state index contributed by atoms with van der Waals surface area (Å²) in [6, 6.07) is 7.78. The Labute approximate surface area is 134 Å². The van der Waals surface area contributed by atoms with Gasteiger partial charge in [-0.2, -0.15) is 0 Å². The Morgan fingerprint density at radius 3 is 2.48 bits per heavy atom. The molecule has 121 valence electrons. The van der Waals surface area contributed by atoms with Crippen LogP contribution in [0.4, 0.5) is 17.1 Å². The van der Waals surface area contributed by atoms with Crippen LogP contribution in [0.2, 0.25) is 0 Å². The molecule has 0 saturated carbocycles.